The van der Waals surface area contributed by atoms with Gasteiger partial charge in [0.25, 0.3) is 0 Å². The van der Waals surface area contributed by atoms with Crippen LogP contribution in [0.3, 0.4) is 0 Å². The first-order valence-corrected chi connectivity index (χ1v) is 8.17. The molecule has 0 saturated heterocycles. The van der Waals surface area contributed by atoms with E-state index in [1.165, 1.54) is 0 Å². The first-order valence-electron chi connectivity index (χ1n) is 7.73. The molecule has 0 aliphatic heterocycles. The van der Waals surface area contributed by atoms with Gasteiger partial charge in [0.1, 0.15) is 0 Å². The molecule has 0 aliphatic carbocycles. The van der Waals surface area contributed by atoms with E-state index in [-0.39, 0.29) is 0 Å². The number of rotatable bonds is 0. The SMILES string of the molecule is C#Cc1ccc(C#Cc2ccc(C#Cc3ccc(S)cc3)cc2)cc1. The van der Waals surface area contributed by atoms with Gasteiger partial charge in [-0.2, -0.15) is 0 Å². The number of benzene rings is 3. The van der Waals surface area contributed by atoms with Gasteiger partial charge in [-0.1, -0.05) is 29.6 Å². The van der Waals surface area contributed by atoms with Crippen LogP contribution in [0.5, 0.6) is 0 Å². The second kappa shape index (κ2) is 7.99. The Hall–Kier alpha value is -3.31. The van der Waals surface area contributed by atoms with Crippen LogP contribution in [0, 0.1) is 36.0 Å². The first kappa shape index (κ1) is 16.5. The fourth-order valence-corrected chi connectivity index (χ4v) is 2.27. The Kier molecular flexibility index (Phi) is 5.29. The standard InChI is InChI=1S/C24H14S/c1-2-19-3-5-20(6-4-19)7-8-21-9-11-22(12-10-21)13-14-23-15-17-24(25)18-16-23/h1,3-6,9-12,15-18,25H. The highest BCUT2D eigenvalue weighted by Gasteiger charge is 1.91. The molecule has 0 radical (unpaired) electrons. The quantitative estimate of drug-likeness (QED) is 0.445. The maximum Gasteiger partial charge on any atom is 0.0249 e. The Morgan fingerprint density at radius 1 is 0.480 bits per heavy atom. The van der Waals surface area contributed by atoms with E-state index in [1.807, 2.05) is 72.8 Å². The van der Waals surface area contributed by atoms with Gasteiger partial charge in [0.2, 0.25) is 0 Å². The van der Waals surface area contributed by atoms with Crippen LogP contribution >= 0.6 is 12.6 Å². The monoisotopic (exact) mass is 334 g/mol. The van der Waals surface area contributed by atoms with E-state index >= 15 is 0 Å². The summed E-state index contributed by atoms with van der Waals surface area (Å²) in [4.78, 5) is 0.933. The van der Waals surface area contributed by atoms with Crippen LogP contribution in [0.4, 0.5) is 0 Å². The van der Waals surface area contributed by atoms with Crippen molar-refractivity contribution in [3.8, 4) is 36.0 Å². The van der Waals surface area contributed by atoms with Gasteiger partial charge in [-0.05, 0) is 72.8 Å². The molecule has 0 nitrogen and oxygen atoms in total. The van der Waals surface area contributed by atoms with E-state index in [2.05, 4.69) is 42.2 Å². The summed E-state index contributed by atoms with van der Waals surface area (Å²) in [5, 5.41) is 0. The predicted octanol–water partition coefficient (Wildman–Crippen LogP) is 4.76. The summed E-state index contributed by atoms with van der Waals surface area (Å²) >= 11 is 4.27. The van der Waals surface area contributed by atoms with Gasteiger partial charge in [-0.3, -0.25) is 0 Å². The molecule has 25 heavy (non-hydrogen) atoms. The Morgan fingerprint density at radius 3 is 1.08 bits per heavy atom. The molecule has 0 bridgehead atoms. The van der Waals surface area contributed by atoms with E-state index in [0.29, 0.717) is 0 Å². The summed E-state index contributed by atoms with van der Waals surface area (Å²) in [6.45, 7) is 0. The van der Waals surface area contributed by atoms with Crippen LogP contribution in [0.25, 0.3) is 0 Å². The molecule has 116 valence electrons. The van der Waals surface area contributed by atoms with Crippen molar-refractivity contribution >= 4 is 12.6 Å². The largest absolute Gasteiger partial charge is 0.143 e. The van der Waals surface area contributed by atoms with E-state index < -0.39 is 0 Å². The molecule has 0 aromatic heterocycles. The molecule has 0 saturated carbocycles. The number of terminal acetylenes is 1. The lowest BCUT2D eigenvalue weighted by Gasteiger charge is -1.94. The second-order valence-corrected chi connectivity index (χ2v) is 5.86. The first-order chi connectivity index (χ1) is 12.2. The van der Waals surface area contributed by atoms with Gasteiger partial charge in [-0.15, -0.1) is 19.1 Å². The number of thiol groups is 1. The molecule has 0 fully saturated rings. The van der Waals surface area contributed by atoms with Crippen molar-refractivity contribution in [3.63, 3.8) is 0 Å². The zero-order chi connectivity index (χ0) is 17.5. The van der Waals surface area contributed by atoms with Crippen LogP contribution in [0.15, 0.2) is 77.7 Å². The molecular weight excluding hydrogens is 320 g/mol. The van der Waals surface area contributed by atoms with Gasteiger partial charge in [-0.25, -0.2) is 0 Å². The second-order valence-electron chi connectivity index (χ2n) is 5.35. The summed E-state index contributed by atoms with van der Waals surface area (Å²) in [5.74, 6) is 15.2. The average molecular weight is 334 g/mol. The normalized spacial score (nSPS) is 9.12. The molecule has 0 atom stereocenters. The summed E-state index contributed by atoms with van der Waals surface area (Å²) in [7, 11) is 0. The summed E-state index contributed by atoms with van der Waals surface area (Å²) < 4.78 is 0. The van der Waals surface area contributed by atoms with Gasteiger partial charge in [0.15, 0.2) is 0 Å². The van der Waals surface area contributed by atoms with Crippen molar-refractivity contribution < 1.29 is 0 Å². The Labute approximate surface area is 154 Å². The van der Waals surface area contributed by atoms with Crippen molar-refractivity contribution in [2.75, 3.05) is 0 Å². The zero-order valence-corrected chi connectivity index (χ0v) is 14.3. The van der Waals surface area contributed by atoms with Crippen LogP contribution in [0.1, 0.15) is 27.8 Å². The van der Waals surface area contributed by atoms with Crippen LogP contribution in [-0.2, 0) is 0 Å². The number of hydrogen-bond acceptors (Lipinski definition) is 1. The van der Waals surface area contributed by atoms with Gasteiger partial charge in [0.05, 0.1) is 0 Å². The van der Waals surface area contributed by atoms with Gasteiger partial charge < -0.3 is 0 Å². The molecule has 3 rings (SSSR count). The van der Waals surface area contributed by atoms with E-state index in [1.54, 1.807) is 0 Å². The topological polar surface area (TPSA) is 0 Å². The summed E-state index contributed by atoms with van der Waals surface area (Å²) in [5.41, 5.74) is 4.68. The van der Waals surface area contributed by atoms with Gasteiger partial charge >= 0.3 is 0 Å². The molecule has 0 amide bonds. The van der Waals surface area contributed by atoms with Crippen LogP contribution < -0.4 is 0 Å². The Morgan fingerprint density at radius 2 is 0.760 bits per heavy atom. The molecule has 0 heterocycles. The van der Waals surface area contributed by atoms with Crippen molar-refractivity contribution in [2.24, 2.45) is 0 Å². The Balaban J connectivity index is 1.71. The minimum atomic E-state index is 0.859. The third-order valence-corrected chi connectivity index (χ3v) is 3.80. The highest BCUT2D eigenvalue weighted by molar-refractivity contribution is 7.80. The fourth-order valence-electron chi connectivity index (χ4n) is 2.12. The van der Waals surface area contributed by atoms with Gasteiger partial charge in [0, 0.05) is 32.7 Å². The molecule has 3 aromatic carbocycles. The molecular formula is C24H14S. The van der Waals surface area contributed by atoms with Crippen molar-refractivity contribution in [1.29, 1.82) is 0 Å². The predicted molar refractivity (Wildman–Crippen MR) is 106 cm³/mol. The maximum atomic E-state index is 5.35. The lowest BCUT2D eigenvalue weighted by molar-refractivity contribution is 1.46. The molecule has 0 unspecified atom stereocenters. The smallest absolute Gasteiger partial charge is 0.0249 e. The summed E-state index contributed by atoms with van der Waals surface area (Å²) in [6, 6.07) is 23.3. The lowest BCUT2D eigenvalue weighted by Crippen LogP contribution is -1.80. The average Bonchev–Trinajstić information content (AvgIpc) is 2.67. The number of hydrogen-bond donors (Lipinski definition) is 1. The van der Waals surface area contributed by atoms with Crippen LogP contribution in [0.2, 0.25) is 0 Å². The van der Waals surface area contributed by atoms with Crippen molar-refractivity contribution in [3.05, 3.63) is 101 Å². The third-order valence-electron chi connectivity index (χ3n) is 3.51. The minimum absolute atomic E-state index is 0.859. The molecule has 3 aromatic rings. The summed E-state index contributed by atoms with van der Waals surface area (Å²) in [6.07, 6.45) is 5.35. The van der Waals surface area contributed by atoms with E-state index in [0.717, 1.165) is 32.7 Å². The fraction of sp³-hybridized carbons (Fsp3) is 0. The highest BCUT2D eigenvalue weighted by Crippen LogP contribution is 2.08. The Bertz CT molecular complexity index is 1020. The lowest BCUT2D eigenvalue weighted by atomic mass is 10.1. The van der Waals surface area contributed by atoms with Crippen molar-refractivity contribution in [1.82, 2.24) is 0 Å². The third kappa shape index (κ3) is 4.83. The molecule has 0 aliphatic rings. The zero-order valence-electron chi connectivity index (χ0n) is 13.5. The molecule has 1 heteroatoms. The van der Waals surface area contributed by atoms with Crippen molar-refractivity contribution in [2.45, 2.75) is 4.90 Å². The molecule has 0 spiro atoms. The van der Waals surface area contributed by atoms with Crippen LogP contribution in [-0.4, -0.2) is 0 Å². The highest BCUT2D eigenvalue weighted by atomic mass is 32.1. The minimum Gasteiger partial charge on any atom is -0.143 e. The van der Waals surface area contributed by atoms with E-state index in [4.69, 9.17) is 6.42 Å². The molecule has 0 N–H and O–H groups in total. The maximum absolute atomic E-state index is 5.35. The van der Waals surface area contributed by atoms with E-state index in [9.17, 15) is 0 Å².